The number of para-hydroxylation sites is 1. The van der Waals surface area contributed by atoms with Crippen LogP contribution in [0.2, 0.25) is 0 Å². The van der Waals surface area contributed by atoms with Gasteiger partial charge in [0.05, 0.1) is 12.1 Å². The van der Waals surface area contributed by atoms with Crippen molar-refractivity contribution in [3.05, 3.63) is 46.6 Å². The van der Waals surface area contributed by atoms with Crippen molar-refractivity contribution in [3.63, 3.8) is 0 Å². The normalized spacial score (nSPS) is 10.2. The molecule has 0 amide bonds. The van der Waals surface area contributed by atoms with Crippen molar-refractivity contribution in [3.8, 4) is 5.69 Å². The molecular weight excluding hydrogens is 210 g/mol. The van der Waals surface area contributed by atoms with Crippen LogP contribution >= 0.6 is 0 Å². The summed E-state index contributed by atoms with van der Waals surface area (Å²) in [6.45, 7) is 0. The third-order valence-electron chi connectivity index (χ3n) is 2.15. The third-order valence-corrected chi connectivity index (χ3v) is 2.15. The van der Waals surface area contributed by atoms with Crippen molar-refractivity contribution in [1.29, 1.82) is 0 Å². The van der Waals surface area contributed by atoms with Crippen LogP contribution in [0.1, 0.15) is 5.56 Å². The van der Waals surface area contributed by atoms with Gasteiger partial charge in [-0.25, -0.2) is 14.5 Å². The monoisotopic (exact) mass is 219 g/mol. The average Bonchev–Trinajstić information content (AvgIpc) is 2.64. The zero-order valence-electron chi connectivity index (χ0n) is 8.25. The Bertz CT molecular complexity index is 570. The van der Waals surface area contributed by atoms with Crippen LogP contribution in [-0.2, 0) is 11.2 Å². The molecule has 0 unspecified atom stereocenters. The van der Waals surface area contributed by atoms with E-state index in [9.17, 15) is 9.59 Å². The van der Waals surface area contributed by atoms with E-state index < -0.39 is 11.7 Å². The predicted molar refractivity (Wildman–Crippen MR) is 55.5 cm³/mol. The molecule has 0 saturated carbocycles. The molecule has 16 heavy (non-hydrogen) atoms. The van der Waals surface area contributed by atoms with Crippen LogP contribution in [0.15, 0.2) is 35.4 Å². The number of nitrogens with one attached hydrogen (secondary N) is 1. The molecule has 6 heteroatoms. The standard InChI is InChI=1S/C10H9N3O3/c14-9(15)5-7-3-1-2-4-8(7)13-6-11-12-10(13)16/h1-4,6H,5H2,(H,12,16)(H,14,15). The Morgan fingerprint density at radius 2 is 2.19 bits per heavy atom. The van der Waals surface area contributed by atoms with E-state index in [0.29, 0.717) is 11.3 Å². The molecule has 0 atom stereocenters. The number of aromatic amines is 1. The molecule has 0 fully saturated rings. The van der Waals surface area contributed by atoms with Crippen molar-refractivity contribution < 1.29 is 9.90 Å². The highest BCUT2D eigenvalue weighted by Crippen LogP contribution is 2.12. The highest BCUT2D eigenvalue weighted by molar-refractivity contribution is 5.71. The van der Waals surface area contributed by atoms with E-state index >= 15 is 0 Å². The van der Waals surface area contributed by atoms with Crippen LogP contribution in [0, 0.1) is 0 Å². The summed E-state index contributed by atoms with van der Waals surface area (Å²) < 4.78 is 1.28. The molecule has 1 heterocycles. The van der Waals surface area contributed by atoms with Gasteiger partial charge in [0, 0.05) is 0 Å². The summed E-state index contributed by atoms with van der Waals surface area (Å²) in [6, 6.07) is 6.81. The second kappa shape index (κ2) is 4.01. The first-order valence-corrected chi connectivity index (χ1v) is 4.60. The Kier molecular flexibility index (Phi) is 2.55. The van der Waals surface area contributed by atoms with Crippen LogP contribution < -0.4 is 5.69 Å². The number of hydrogen-bond acceptors (Lipinski definition) is 3. The minimum Gasteiger partial charge on any atom is -0.481 e. The number of rotatable bonds is 3. The highest BCUT2D eigenvalue weighted by atomic mass is 16.4. The van der Waals surface area contributed by atoms with Crippen LogP contribution in [0.3, 0.4) is 0 Å². The molecule has 1 aromatic carbocycles. The third kappa shape index (κ3) is 1.85. The summed E-state index contributed by atoms with van der Waals surface area (Å²) in [6.07, 6.45) is 1.19. The minimum absolute atomic E-state index is 0.131. The molecule has 0 saturated heterocycles. The summed E-state index contributed by atoms with van der Waals surface area (Å²) in [5, 5.41) is 14.6. The number of H-pyrrole nitrogens is 1. The van der Waals surface area contributed by atoms with E-state index in [0.717, 1.165) is 0 Å². The summed E-state index contributed by atoms with van der Waals surface area (Å²) in [5.41, 5.74) is 0.708. The van der Waals surface area contributed by atoms with Gasteiger partial charge in [0.25, 0.3) is 0 Å². The van der Waals surface area contributed by atoms with Gasteiger partial charge in [0.1, 0.15) is 6.33 Å². The number of nitrogens with zero attached hydrogens (tertiary/aromatic N) is 2. The zero-order chi connectivity index (χ0) is 11.5. The molecule has 0 radical (unpaired) electrons. The molecule has 6 nitrogen and oxygen atoms in total. The van der Waals surface area contributed by atoms with E-state index in [4.69, 9.17) is 5.11 Å². The van der Waals surface area contributed by atoms with E-state index in [1.54, 1.807) is 24.3 Å². The van der Waals surface area contributed by atoms with Gasteiger partial charge < -0.3 is 5.11 Å². The lowest BCUT2D eigenvalue weighted by molar-refractivity contribution is -0.136. The fraction of sp³-hybridized carbons (Fsp3) is 0.100. The number of benzene rings is 1. The van der Waals surface area contributed by atoms with E-state index in [-0.39, 0.29) is 6.42 Å². The summed E-state index contributed by atoms with van der Waals surface area (Å²) in [4.78, 5) is 22.0. The van der Waals surface area contributed by atoms with Crippen LogP contribution in [-0.4, -0.2) is 25.8 Å². The van der Waals surface area contributed by atoms with E-state index in [1.807, 2.05) is 0 Å². The predicted octanol–water partition coefficient (Wildman–Crippen LogP) is 0.188. The fourth-order valence-electron chi connectivity index (χ4n) is 1.48. The Morgan fingerprint density at radius 3 is 2.81 bits per heavy atom. The molecule has 0 bridgehead atoms. The Labute approximate surface area is 90.2 Å². The van der Waals surface area contributed by atoms with Crippen molar-refractivity contribution in [1.82, 2.24) is 14.8 Å². The Morgan fingerprint density at radius 1 is 1.44 bits per heavy atom. The SMILES string of the molecule is O=C(O)Cc1ccccc1-n1cn[nH]c1=O. The maximum atomic E-state index is 11.4. The number of aromatic nitrogens is 3. The lowest BCUT2D eigenvalue weighted by Crippen LogP contribution is -2.16. The number of carboxylic acids is 1. The molecule has 0 aliphatic rings. The van der Waals surface area contributed by atoms with Crippen LogP contribution in [0.5, 0.6) is 0 Å². The van der Waals surface area contributed by atoms with E-state index in [1.165, 1.54) is 10.9 Å². The molecule has 1 aromatic heterocycles. The fourth-order valence-corrected chi connectivity index (χ4v) is 1.48. The van der Waals surface area contributed by atoms with Gasteiger partial charge in [-0.2, -0.15) is 5.10 Å². The first-order valence-electron chi connectivity index (χ1n) is 4.60. The molecule has 2 N–H and O–H groups in total. The van der Waals surface area contributed by atoms with Gasteiger partial charge in [0.15, 0.2) is 0 Å². The molecule has 0 spiro atoms. The van der Waals surface area contributed by atoms with Gasteiger partial charge >= 0.3 is 11.7 Å². The first kappa shape index (κ1) is 10.2. The lowest BCUT2D eigenvalue weighted by atomic mass is 10.1. The molecule has 2 rings (SSSR count). The van der Waals surface area contributed by atoms with Crippen molar-refractivity contribution in [2.45, 2.75) is 6.42 Å². The highest BCUT2D eigenvalue weighted by Gasteiger charge is 2.09. The molecule has 0 aliphatic heterocycles. The zero-order valence-corrected chi connectivity index (χ0v) is 8.25. The first-order chi connectivity index (χ1) is 7.68. The maximum Gasteiger partial charge on any atom is 0.347 e. The molecule has 0 aliphatic carbocycles. The minimum atomic E-state index is -0.941. The van der Waals surface area contributed by atoms with Gasteiger partial charge in [-0.1, -0.05) is 18.2 Å². The Balaban J connectivity index is 2.53. The van der Waals surface area contributed by atoms with Gasteiger partial charge in [-0.3, -0.25) is 4.79 Å². The summed E-state index contributed by atoms with van der Waals surface area (Å²) >= 11 is 0. The lowest BCUT2D eigenvalue weighted by Gasteiger charge is -2.06. The quantitative estimate of drug-likeness (QED) is 0.771. The maximum absolute atomic E-state index is 11.4. The van der Waals surface area contributed by atoms with E-state index in [2.05, 4.69) is 10.2 Å². The van der Waals surface area contributed by atoms with Gasteiger partial charge in [0.2, 0.25) is 0 Å². The van der Waals surface area contributed by atoms with Gasteiger partial charge in [-0.15, -0.1) is 0 Å². The molecule has 2 aromatic rings. The second-order valence-corrected chi connectivity index (χ2v) is 3.23. The topological polar surface area (TPSA) is 88.0 Å². The van der Waals surface area contributed by atoms with Crippen molar-refractivity contribution in [2.24, 2.45) is 0 Å². The molecule has 82 valence electrons. The summed E-state index contributed by atoms with van der Waals surface area (Å²) in [5.74, 6) is -0.941. The van der Waals surface area contributed by atoms with Crippen molar-refractivity contribution >= 4 is 5.97 Å². The molecular formula is C10H9N3O3. The second-order valence-electron chi connectivity index (χ2n) is 3.23. The van der Waals surface area contributed by atoms with Crippen LogP contribution in [0.4, 0.5) is 0 Å². The number of aliphatic carboxylic acids is 1. The largest absolute Gasteiger partial charge is 0.481 e. The number of carbonyl (C=O) groups is 1. The van der Waals surface area contributed by atoms with Gasteiger partial charge in [-0.05, 0) is 11.6 Å². The van der Waals surface area contributed by atoms with Crippen LogP contribution in [0.25, 0.3) is 5.69 Å². The number of carboxylic acid groups (broad SMARTS) is 1. The Hall–Kier alpha value is -2.37. The summed E-state index contributed by atoms with van der Waals surface area (Å²) in [7, 11) is 0. The smallest absolute Gasteiger partial charge is 0.347 e. The van der Waals surface area contributed by atoms with Crippen molar-refractivity contribution in [2.75, 3.05) is 0 Å². The average molecular weight is 219 g/mol. The number of hydrogen-bond donors (Lipinski definition) is 2.